The molecular formula is C15H18N4O2S. The van der Waals surface area contributed by atoms with Crippen LogP contribution in [-0.2, 0) is 16.0 Å². The van der Waals surface area contributed by atoms with Crippen LogP contribution >= 0.6 is 11.3 Å². The van der Waals surface area contributed by atoms with Gasteiger partial charge in [0.2, 0.25) is 12.3 Å². The molecular weight excluding hydrogens is 300 g/mol. The van der Waals surface area contributed by atoms with E-state index >= 15 is 0 Å². The number of benzene rings is 1. The topological polar surface area (TPSA) is 97.1 Å². The molecule has 0 aliphatic heterocycles. The fraction of sp³-hybridized carbons (Fsp3) is 0.267. The molecule has 6 nitrogen and oxygen atoms in total. The summed E-state index contributed by atoms with van der Waals surface area (Å²) in [6.07, 6.45) is 1.60. The Hall–Kier alpha value is -2.41. The van der Waals surface area contributed by atoms with Crippen LogP contribution in [0.3, 0.4) is 0 Å². The summed E-state index contributed by atoms with van der Waals surface area (Å²) in [5.41, 5.74) is 8.15. The number of rotatable bonds is 8. The molecule has 1 aromatic carbocycles. The smallest absolute Gasteiger partial charge is 0.226 e. The molecule has 2 aromatic rings. The van der Waals surface area contributed by atoms with Crippen molar-refractivity contribution in [1.29, 1.82) is 0 Å². The summed E-state index contributed by atoms with van der Waals surface area (Å²) < 4.78 is 0. The van der Waals surface area contributed by atoms with Gasteiger partial charge in [0.15, 0.2) is 0 Å². The highest BCUT2D eigenvalue weighted by atomic mass is 32.1. The second-order valence-corrected chi connectivity index (χ2v) is 5.58. The minimum absolute atomic E-state index is 0.0736. The van der Waals surface area contributed by atoms with Gasteiger partial charge in [-0.25, -0.2) is 4.98 Å². The van der Waals surface area contributed by atoms with Crippen LogP contribution in [0, 0.1) is 0 Å². The molecule has 1 heterocycles. The molecule has 4 N–H and O–H groups in total. The van der Waals surface area contributed by atoms with Gasteiger partial charge in [-0.05, 0) is 18.6 Å². The van der Waals surface area contributed by atoms with Crippen LogP contribution in [0.5, 0.6) is 0 Å². The second-order valence-electron chi connectivity index (χ2n) is 4.72. The van der Waals surface area contributed by atoms with Crippen LogP contribution in [0.15, 0.2) is 29.6 Å². The van der Waals surface area contributed by atoms with Crippen LogP contribution in [0.25, 0.3) is 10.6 Å². The van der Waals surface area contributed by atoms with Crippen molar-refractivity contribution in [3.8, 4) is 10.6 Å². The number of nitrogen functional groups attached to an aromatic ring is 1. The lowest BCUT2D eigenvalue weighted by molar-refractivity contribution is -0.120. The van der Waals surface area contributed by atoms with Crippen molar-refractivity contribution in [3.05, 3.63) is 35.3 Å². The monoisotopic (exact) mass is 318 g/mol. The summed E-state index contributed by atoms with van der Waals surface area (Å²) in [6.45, 7) is 1.09. The zero-order valence-electron chi connectivity index (χ0n) is 12.0. The normalized spacial score (nSPS) is 10.2. The average Bonchev–Trinajstić information content (AvgIpc) is 2.95. The molecule has 0 saturated heterocycles. The summed E-state index contributed by atoms with van der Waals surface area (Å²) in [4.78, 5) is 26.3. The Labute approximate surface area is 132 Å². The van der Waals surface area contributed by atoms with Gasteiger partial charge in [-0.2, -0.15) is 0 Å². The largest absolute Gasteiger partial charge is 0.399 e. The van der Waals surface area contributed by atoms with Gasteiger partial charge in [-0.3, -0.25) is 9.59 Å². The number of thiazole rings is 1. The molecule has 0 atom stereocenters. The third-order valence-corrected chi connectivity index (χ3v) is 3.87. The molecule has 2 amide bonds. The highest BCUT2D eigenvalue weighted by molar-refractivity contribution is 7.13. The number of anilines is 1. The molecule has 0 fully saturated rings. The lowest BCUT2D eigenvalue weighted by atomic mass is 10.2. The van der Waals surface area contributed by atoms with Crippen LogP contribution in [0.1, 0.15) is 12.1 Å². The molecule has 0 bridgehead atoms. The number of hydrogen-bond donors (Lipinski definition) is 3. The summed E-state index contributed by atoms with van der Waals surface area (Å²) in [7, 11) is 0. The molecule has 1 aromatic heterocycles. The summed E-state index contributed by atoms with van der Waals surface area (Å²) >= 11 is 1.49. The van der Waals surface area contributed by atoms with Crippen molar-refractivity contribution >= 4 is 29.3 Å². The molecule has 0 spiro atoms. The van der Waals surface area contributed by atoms with E-state index in [-0.39, 0.29) is 12.3 Å². The number of aromatic nitrogens is 1. The van der Waals surface area contributed by atoms with E-state index in [4.69, 9.17) is 5.73 Å². The Kier molecular flexibility index (Phi) is 5.91. The second kappa shape index (κ2) is 8.14. The van der Waals surface area contributed by atoms with Gasteiger partial charge in [0.05, 0.1) is 12.1 Å². The van der Waals surface area contributed by atoms with Crippen LogP contribution < -0.4 is 16.4 Å². The first-order chi connectivity index (χ1) is 10.7. The van der Waals surface area contributed by atoms with E-state index in [0.717, 1.165) is 16.3 Å². The summed E-state index contributed by atoms with van der Waals surface area (Å²) in [6, 6.07) is 7.51. The Bertz CT molecular complexity index is 642. The quantitative estimate of drug-likeness (QED) is 0.387. The number of carbonyl (C=O) groups is 2. The highest BCUT2D eigenvalue weighted by Gasteiger charge is 2.09. The van der Waals surface area contributed by atoms with Crippen molar-refractivity contribution in [2.75, 3.05) is 18.8 Å². The van der Waals surface area contributed by atoms with Crippen LogP contribution in [-0.4, -0.2) is 30.4 Å². The Morgan fingerprint density at radius 2 is 2.23 bits per heavy atom. The molecule has 0 aliphatic carbocycles. The van der Waals surface area contributed by atoms with E-state index < -0.39 is 0 Å². The van der Waals surface area contributed by atoms with Gasteiger partial charge in [0.1, 0.15) is 5.01 Å². The van der Waals surface area contributed by atoms with Gasteiger partial charge in [0, 0.05) is 29.7 Å². The van der Waals surface area contributed by atoms with E-state index in [0.29, 0.717) is 31.6 Å². The molecule has 0 radical (unpaired) electrons. The first-order valence-electron chi connectivity index (χ1n) is 6.93. The maximum atomic E-state index is 11.8. The SMILES string of the molecule is Nc1cccc(-c2nc(CC(=O)NCCCNC=O)cs2)c1. The number of nitrogens with two attached hydrogens (primary N) is 1. The number of nitrogens with zero attached hydrogens (tertiary/aromatic N) is 1. The maximum Gasteiger partial charge on any atom is 0.226 e. The fourth-order valence-corrected chi connectivity index (χ4v) is 2.71. The lowest BCUT2D eigenvalue weighted by Crippen LogP contribution is -2.28. The van der Waals surface area contributed by atoms with Crippen molar-refractivity contribution in [2.45, 2.75) is 12.8 Å². The van der Waals surface area contributed by atoms with Crippen molar-refractivity contribution < 1.29 is 9.59 Å². The first-order valence-corrected chi connectivity index (χ1v) is 7.81. The van der Waals surface area contributed by atoms with Crippen LogP contribution in [0.2, 0.25) is 0 Å². The zero-order valence-corrected chi connectivity index (χ0v) is 12.9. The van der Waals surface area contributed by atoms with E-state index in [1.165, 1.54) is 11.3 Å². The van der Waals surface area contributed by atoms with Gasteiger partial charge in [0.25, 0.3) is 0 Å². The van der Waals surface area contributed by atoms with Gasteiger partial charge < -0.3 is 16.4 Å². The minimum atomic E-state index is -0.0736. The first kappa shape index (κ1) is 16.0. The molecule has 0 aliphatic rings. The predicted octanol–water partition coefficient (Wildman–Crippen LogP) is 1.19. The number of hydrogen-bond acceptors (Lipinski definition) is 5. The zero-order chi connectivity index (χ0) is 15.8. The van der Waals surface area contributed by atoms with Crippen molar-refractivity contribution in [3.63, 3.8) is 0 Å². The van der Waals surface area contributed by atoms with Crippen molar-refractivity contribution in [1.82, 2.24) is 15.6 Å². The number of nitrogens with one attached hydrogen (secondary N) is 2. The van der Waals surface area contributed by atoms with E-state index in [1.54, 1.807) is 0 Å². The number of carbonyl (C=O) groups excluding carboxylic acids is 2. The molecule has 7 heteroatoms. The fourth-order valence-electron chi connectivity index (χ4n) is 1.90. The van der Waals surface area contributed by atoms with Crippen molar-refractivity contribution in [2.24, 2.45) is 0 Å². The van der Waals surface area contributed by atoms with E-state index in [2.05, 4.69) is 15.6 Å². The summed E-state index contributed by atoms with van der Waals surface area (Å²) in [5.74, 6) is -0.0736. The molecule has 116 valence electrons. The maximum absolute atomic E-state index is 11.8. The third-order valence-electron chi connectivity index (χ3n) is 2.93. The standard InChI is InChI=1S/C15H18N4O2S/c16-12-4-1-3-11(7-12)15-19-13(9-22-15)8-14(21)18-6-2-5-17-10-20/h1,3-4,7,9-10H,2,5-6,8,16H2,(H,17,20)(H,18,21). The predicted molar refractivity (Wildman–Crippen MR) is 87.4 cm³/mol. The Balaban J connectivity index is 1.84. The van der Waals surface area contributed by atoms with E-state index in [1.807, 2.05) is 29.6 Å². The Morgan fingerprint density at radius 1 is 1.36 bits per heavy atom. The molecule has 0 saturated carbocycles. The van der Waals surface area contributed by atoms with Gasteiger partial charge >= 0.3 is 0 Å². The Morgan fingerprint density at radius 3 is 3.00 bits per heavy atom. The third kappa shape index (κ3) is 4.85. The van der Waals surface area contributed by atoms with E-state index in [9.17, 15) is 9.59 Å². The minimum Gasteiger partial charge on any atom is -0.399 e. The van der Waals surface area contributed by atoms with Crippen LogP contribution in [0.4, 0.5) is 5.69 Å². The highest BCUT2D eigenvalue weighted by Crippen LogP contribution is 2.25. The molecule has 0 unspecified atom stereocenters. The van der Waals surface area contributed by atoms with Gasteiger partial charge in [-0.15, -0.1) is 11.3 Å². The summed E-state index contributed by atoms with van der Waals surface area (Å²) in [5, 5.41) is 8.08. The molecule has 2 rings (SSSR count). The number of amides is 2. The average molecular weight is 318 g/mol. The van der Waals surface area contributed by atoms with Gasteiger partial charge in [-0.1, -0.05) is 12.1 Å². The lowest BCUT2D eigenvalue weighted by Gasteiger charge is -2.03. The molecule has 22 heavy (non-hydrogen) atoms.